The molecule has 0 radical (unpaired) electrons. The molecule has 3 aromatic rings. The summed E-state index contributed by atoms with van der Waals surface area (Å²) in [4.78, 5) is 52.3. The van der Waals surface area contributed by atoms with Crippen LogP contribution >= 0.6 is 0 Å². The van der Waals surface area contributed by atoms with Crippen molar-refractivity contribution in [1.82, 2.24) is 19.8 Å². The largest absolute Gasteiger partial charge is 0.341 e. The Hall–Kier alpha value is -4.34. The van der Waals surface area contributed by atoms with Gasteiger partial charge in [0.1, 0.15) is 18.7 Å². The second kappa shape index (κ2) is 10.4. The maximum atomic E-state index is 15.0. The van der Waals surface area contributed by atoms with E-state index in [0.29, 0.717) is 36.2 Å². The maximum Gasteiger partial charge on any atom is 0.328 e. The van der Waals surface area contributed by atoms with E-state index in [2.05, 4.69) is 15.3 Å². The summed E-state index contributed by atoms with van der Waals surface area (Å²) in [6.07, 6.45) is 7.31. The van der Waals surface area contributed by atoms with Crippen molar-refractivity contribution in [2.45, 2.75) is 31.8 Å². The predicted molar refractivity (Wildman–Crippen MR) is 143 cm³/mol. The van der Waals surface area contributed by atoms with Crippen molar-refractivity contribution in [3.05, 3.63) is 84.2 Å². The van der Waals surface area contributed by atoms with Crippen LogP contribution in [-0.2, 0) is 9.59 Å². The molecule has 1 N–H and O–H groups in total. The van der Waals surface area contributed by atoms with E-state index in [0.717, 1.165) is 25.7 Å². The fourth-order valence-electron chi connectivity index (χ4n) is 5.86. The smallest absolute Gasteiger partial charge is 0.328 e. The van der Waals surface area contributed by atoms with Gasteiger partial charge in [0, 0.05) is 36.6 Å². The van der Waals surface area contributed by atoms with Crippen LogP contribution in [0.3, 0.4) is 0 Å². The summed E-state index contributed by atoms with van der Waals surface area (Å²) in [6, 6.07) is 12.5. The fraction of sp³-hybridized carbons (Fsp3) is 0.345. The molecule has 2 bridgehead atoms. The van der Waals surface area contributed by atoms with Gasteiger partial charge in [-0.2, -0.15) is 0 Å². The first kappa shape index (κ1) is 25.0. The number of carbonyl (C=O) groups excluding carboxylic acids is 3. The number of rotatable bonds is 4. The molecule has 200 valence electrons. The van der Waals surface area contributed by atoms with E-state index in [1.54, 1.807) is 42.5 Å². The number of fused-ring (bicyclic) bond motifs is 5. The highest BCUT2D eigenvalue weighted by Gasteiger charge is 2.37. The number of aromatic nitrogens is 2. The van der Waals surface area contributed by atoms with E-state index in [-0.39, 0.29) is 23.7 Å². The first-order chi connectivity index (χ1) is 19.0. The molecule has 1 aliphatic carbocycles. The summed E-state index contributed by atoms with van der Waals surface area (Å²) in [6.45, 7) is 1.18. The van der Waals surface area contributed by atoms with Crippen LogP contribution in [0.25, 0.3) is 0 Å². The third-order valence-electron chi connectivity index (χ3n) is 7.91. The summed E-state index contributed by atoms with van der Waals surface area (Å²) in [7, 11) is 0. The number of imidazole rings is 1. The van der Waals surface area contributed by atoms with E-state index < -0.39 is 23.9 Å². The number of halogens is 1. The molecule has 3 fully saturated rings. The average Bonchev–Trinajstić information content (AvgIpc) is 3.28. The van der Waals surface area contributed by atoms with Gasteiger partial charge < -0.3 is 10.2 Å². The number of aliphatic imine (C=N–C) groups is 1. The summed E-state index contributed by atoms with van der Waals surface area (Å²) >= 11 is 0. The van der Waals surface area contributed by atoms with Crippen LogP contribution in [0.1, 0.15) is 36.8 Å². The highest BCUT2D eigenvalue weighted by Crippen LogP contribution is 2.34. The maximum absolute atomic E-state index is 15.0. The summed E-state index contributed by atoms with van der Waals surface area (Å²) in [5.41, 5.74) is 1.35. The van der Waals surface area contributed by atoms with Gasteiger partial charge in [-0.3, -0.25) is 19.1 Å². The molecule has 2 aromatic carbocycles. The van der Waals surface area contributed by atoms with Crippen molar-refractivity contribution < 1.29 is 18.8 Å². The third kappa shape index (κ3) is 4.94. The second-order valence-corrected chi connectivity index (χ2v) is 10.4. The van der Waals surface area contributed by atoms with Crippen LogP contribution in [0.5, 0.6) is 0 Å². The lowest BCUT2D eigenvalue weighted by atomic mass is 9.84. The molecule has 39 heavy (non-hydrogen) atoms. The predicted octanol–water partition coefficient (Wildman–Crippen LogP) is 3.44. The Morgan fingerprint density at radius 2 is 1.62 bits per heavy atom. The number of para-hydroxylation sites is 1. The first-order valence-corrected chi connectivity index (χ1v) is 13.3. The number of anilines is 1. The normalized spacial score (nSPS) is 22.5. The number of nitrogens with one attached hydrogen (secondary N) is 1. The highest BCUT2D eigenvalue weighted by molar-refractivity contribution is 6.21. The van der Waals surface area contributed by atoms with E-state index >= 15 is 4.39 Å². The Labute approximate surface area is 225 Å². The van der Waals surface area contributed by atoms with Gasteiger partial charge in [-0.1, -0.05) is 30.3 Å². The summed E-state index contributed by atoms with van der Waals surface area (Å²) < 4.78 is 16.2. The van der Waals surface area contributed by atoms with Gasteiger partial charge in [0.2, 0.25) is 12.1 Å². The van der Waals surface area contributed by atoms with Crippen molar-refractivity contribution in [3.8, 4) is 0 Å². The van der Waals surface area contributed by atoms with E-state index in [9.17, 15) is 14.4 Å². The molecular formula is C29H29FN6O3. The number of amides is 3. The molecule has 10 heteroatoms. The first-order valence-electron chi connectivity index (χ1n) is 13.3. The summed E-state index contributed by atoms with van der Waals surface area (Å²) in [5.74, 6) is -0.266. The van der Waals surface area contributed by atoms with E-state index in [1.165, 1.54) is 34.3 Å². The second-order valence-electron chi connectivity index (χ2n) is 10.4. The Morgan fingerprint density at radius 3 is 2.28 bits per heavy atom. The molecule has 1 aromatic heterocycles. The monoisotopic (exact) mass is 528 g/mol. The van der Waals surface area contributed by atoms with Gasteiger partial charge in [-0.05, 0) is 55.7 Å². The van der Waals surface area contributed by atoms with Crippen LogP contribution in [0, 0.1) is 17.7 Å². The summed E-state index contributed by atoms with van der Waals surface area (Å²) in [5, 5.41) is 2.64. The zero-order valence-electron chi connectivity index (χ0n) is 21.4. The molecule has 3 aliphatic heterocycles. The number of benzodiazepines with no additional fused rings is 1. The third-order valence-corrected chi connectivity index (χ3v) is 7.91. The topological polar surface area (TPSA) is 99.9 Å². The van der Waals surface area contributed by atoms with Gasteiger partial charge in [-0.25, -0.2) is 19.2 Å². The molecular weight excluding hydrogens is 499 g/mol. The lowest BCUT2D eigenvalue weighted by Crippen LogP contribution is -2.51. The number of hydrogen-bond donors (Lipinski definition) is 1. The van der Waals surface area contributed by atoms with E-state index in [1.807, 2.05) is 4.90 Å². The van der Waals surface area contributed by atoms with Crippen molar-refractivity contribution >= 4 is 29.2 Å². The fourth-order valence-corrected chi connectivity index (χ4v) is 5.86. The Bertz CT molecular complexity index is 1420. The average molecular weight is 529 g/mol. The Balaban J connectivity index is 1.39. The molecule has 7 rings (SSSR count). The molecule has 4 aliphatic rings. The molecule has 0 spiro atoms. The lowest BCUT2D eigenvalue weighted by molar-refractivity contribution is -0.132. The standard InChI is InChI=1S/C29H29FN6O3/c30-23-7-3-1-5-21(23)26-22-6-2-4-8-24(22)36(17-25(37)35-15-19-9-10-20(16-35)12-11-19)28(38)27(32-26)33-29(39)34-14-13-31-18-34/h1-8,13-14,18-20,27H,9-12,15-17H2,(H,33,39)/t19?,20?,27-/m1/s1. The van der Waals surface area contributed by atoms with Crippen LogP contribution < -0.4 is 10.2 Å². The van der Waals surface area contributed by atoms with Crippen LogP contribution in [-0.4, -0.2) is 63.8 Å². The molecule has 9 nitrogen and oxygen atoms in total. The minimum absolute atomic E-state index is 0.147. The van der Waals surface area contributed by atoms with Crippen molar-refractivity contribution in [1.29, 1.82) is 0 Å². The van der Waals surface area contributed by atoms with Crippen molar-refractivity contribution in [3.63, 3.8) is 0 Å². The Morgan fingerprint density at radius 1 is 0.949 bits per heavy atom. The van der Waals surface area contributed by atoms with Crippen molar-refractivity contribution in [2.24, 2.45) is 16.8 Å². The Kier molecular flexibility index (Phi) is 6.68. The molecule has 4 heterocycles. The molecule has 1 saturated carbocycles. The molecule has 1 atom stereocenters. The van der Waals surface area contributed by atoms with Gasteiger partial charge >= 0.3 is 6.03 Å². The zero-order chi connectivity index (χ0) is 26.9. The van der Waals surface area contributed by atoms with Crippen molar-refractivity contribution in [2.75, 3.05) is 24.5 Å². The highest BCUT2D eigenvalue weighted by atomic mass is 19.1. The van der Waals surface area contributed by atoms with Crippen LogP contribution in [0.15, 0.2) is 72.2 Å². The number of carbonyl (C=O) groups is 3. The van der Waals surface area contributed by atoms with E-state index in [4.69, 9.17) is 0 Å². The number of nitrogens with zero attached hydrogens (tertiary/aromatic N) is 5. The molecule has 3 amide bonds. The minimum atomic E-state index is -1.39. The van der Waals surface area contributed by atoms with Gasteiger partial charge in [-0.15, -0.1) is 0 Å². The van der Waals surface area contributed by atoms with Gasteiger partial charge in [0.05, 0.1) is 11.4 Å². The van der Waals surface area contributed by atoms with Gasteiger partial charge in [0.15, 0.2) is 0 Å². The zero-order valence-corrected chi connectivity index (χ0v) is 21.4. The molecule has 2 saturated heterocycles. The quantitative estimate of drug-likeness (QED) is 0.561. The minimum Gasteiger partial charge on any atom is -0.341 e. The molecule has 0 unspecified atom stereocenters. The van der Waals surface area contributed by atoms with Crippen LogP contribution in [0.2, 0.25) is 0 Å². The number of benzene rings is 2. The van der Waals surface area contributed by atoms with Crippen LogP contribution in [0.4, 0.5) is 14.9 Å². The number of hydrogen-bond acceptors (Lipinski definition) is 5. The van der Waals surface area contributed by atoms with Gasteiger partial charge in [0.25, 0.3) is 5.91 Å². The SMILES string of the molecule is O=C(CN1C(=O)[C@@H](NC(=O)n2ccnc2)N=C(c2ccccc2F)c2ccccc21)N1CC2CCC(CC2)C1. The lowest BCUT2D eigenvalue weighted by Gasteiger charge is -2.29.